The van der Waals surface area contributed by atoms with Gasteiger partial charge in [-0.15, -0.1) is 0 Å². The monoisotopic (exact) mass is 941 g/mol. The number of ether oxygens (including phenoxy) is 3. The fourth-order valence-corrected chi connectivity index (χ4v) is 8.65. The third kappa shape index (κ3) is 54.4. The van der Waals surface area contributed by atoms with Crippen LogP contribution >= 0.6 is 0 Å². The lowest BCUT2D eigenvalue weighted by Gasteiger charge is -2.18. The van der Waals surface area contributed by atoms with Crippen LogP contribution in [0.25, 0.3) is 0 Å². The smallest absolute Gasteiger partial charge is 0.306 e. The highest BCUT2D eigenvalue weighted by Crippen LogP contribution is 2.16. The number of esters is 3. The quantitative estimate of drug-likeness (QED) is 0.0262. The van der Waals surface area contributed by atoms with Crippen LogP contribution in [0.3, 0.4) is 0 Å². The van der Waals surface area contributed by atoms with E-state index >= 15 is 0 Å². The number of allylic oxidation sites excluding steroid dienone is 6. The first kappa shape index (κ1) is 64.6. The number of hydrogen-bond donors (Lipinski definition) is 0. The second-order valence-electron chi connectivity index (χ2n) is 19.9. The van der Waals surface area contributed by atoms with E-state index in [1.165, 1.54) is 205 Å². The summed E-state index contributed by atoms with van der Waals surface area (Å²) >= 11 is 0. The summed E-state index contributed by atoms with van der Waals surface area (Å²) in [5.74, 6) is -0.869. The Kier molecular flexibility index (Phi) is 54.2. The van der Waals surface area contributed by atoms with Crippen LogP contribution in [0.2, 0.25) is 0 Å². The molecular weight excluding hydrogens is 829 g/mol. The van der Waals surface area contributed by atoms with Gasteiger partial charge in [-0.2, -0.15) is 0 Å². The fourth-order valence-electron chi connectivity index (χ4n) is 8.65. The second kappa shape index (κ2) is 56.2. The van der Waals surface area contributed by atoms with Gasteiger partial charge in [-0.05, 0) is 77.0 Å². The molecule has 1 atom stereocenters. The fraction of sp³-hybridized carbons (Fsp3) is 0.852. The summed E-state index contributed by atoms with van der Waals surface area (Å²) in [6.07, 6.45) is 67.3. The van der Waals surface area contributed by atoms with Crippen molar-refractivity contribution in [2.45, 2.75) is 322 Å². The van der Waals surface area contributed by atoms with E-state index in [9.17, 15) is 14.4 Å². The first-order chi connectivity index (χ1) is 33.0. The van der Waals surface area contributed by atoms with Gasteiger partial charge < -0.3 is 14.2 Å². The molecule has 0 saturated carbocycles. The second-order valence-corrected chi connectivity index (χ2v) is 19.9. The molecule has 0 aliphatic carbocycles. The molecule has 67 heavy (non-hydrogen) atoms. The van der Waals surface area contributed by atoms with Gasteiger partial charge >= 0.3 is 17.9 Å². The Morgan fingerprint density at radius 3 is 0.851 bits per heavy atom. The number of unbranched alkanes of at least 4 members (excludes halogenated alkanes) is 37. The highest BCUT2D eigenvalue weighted by atomic mass is 16.6. The first-order valence-electron chi connectivity index (χ1n) is 29.5. The van der Waals surface area contributed by atoms with Gasteiger partial charge in [-0.25, -0.2) is 0 Å². The van der Waals surface area contributed by atoms with Crippen LogP contribution in [0.5, 0.6) is 0 Å². The van der Waals surface area contributed by atoms with Crippen LogP contribution in [-0.4, -0.2) is 37.2 Å². The Hall–Kier alpha value is -2.37. The summed E-state index contributed by atoms with van der Waals surface area (Å²) in [4.78, 5) is 38.0. The third-order valence-electron chi connectivity index (χ3n) is 13.1. The van der Waals surface area contributed by atoms with Crippen LogP contribution in [0, 0.1) is 0 Å². The van der Waals surface area contributed by atoms with Crippen molar-refractivity contribution >= 4 is 17.9 Å². The van der Waals surface area contributed by atoms with Crippen molar-refractivity contribution < 1.29 is 28.6 Å². The van der Waals surface area contributed by atoms with Crippen molar-refractivity contribution in [3.8, 4) is 0 Å². The highest BCUT2D eigenvalue weighted by molar-refractivity contribution is 5.71. The normalized spacial score (nSPS) is 12.2. The maximum absolute atomic E-state index is 12.8. The van der Waals surface area contributed by atoms with E-state index < -0.39 is 6.10 Å². The first-order valence-corrected chi connectivity index (χ1v) is 29.5. The lowest BCUT2D eigenvalue weighted by molar-refractivity contribution is -0.167. The number of carbonyl (C=O) groups is 3. The van der Waals surface area contributed by atoms with E-state index in [4.69, 9.17) is 14.2 Å². The molecule has 0 aromatic carbocycles. The van der Waals surface area contributed by atoms with E-state index in [2.05, 4.69) is 57.2 Å². The van der Waals surface area contributed by atoms with Gasteiger partial charge in [0.15, 0.2) is 6.10 Å². The summed E-state index contributed by atoms with van der Waals surface area (Å²) in [6.45, 7) is 6.62. The highest BCUT2D eigenvalue weighted by Gasteiger charge is 2.19. The molecule has 0 radical (unpaired) electrons. The van der Waals surface area contributed by atoms with E-state index in [-0.39, 0.29) is 31.1 Å². The molecule has 0 rings (SSSR count). The minimum Gasteiger partial charge on any atom is -0.462 e. The Morgan fingerprint density at radius 1 is 0.299 bits per heavy atom. The van der Waals surface area contributed by atoms with Gasteiger partial charge in [0, 0.05) is 19.3 Å². The standard InChI is InChI=1S/C61H112O6/c1-4-7-10-13-16-19-21-23-24-25-26-27-28-29-30-31-32-33-34-35-36-38-39-42-45-48-51-54-60(63)66-57-58(56-65-59(62)53-50-47-44-41-18-15-12-9-6-3)67-61(64)55-52-49-46-43-40-37-22-20-17-14-11-8-5-2/h20-23,25-26,58H,4-19,24,27-57H2,1-3H3/b22-20-,23-21-,26-25-. The Labute approximate surface area is 416 Å². The van der Waals surface area contributed by atoms with Crippen LogP contribution in [0.4, 0.5) is 0 Å². The summed E-state index contributed by atoms with van der Waals surface area (Å²) < 4.78 is 16.8. The molecular formula is C61H112O6. The predicted molar refractivity (Wildman–Crippen MR) is 289 cm³/mol. The van der Waals surface area contributed by atoms with Crippen molar-refractivity contribution in [1.82, 2.24) is 0 Å². The van der Waals surface area contributed by atoms with Crippen molar-refractivity contribution in [2.24, 2.45) is 0 Å². The van der Waals surface area contributed by atoms with Crippen LogP contribution in [-0.2, 0) is 28.6 Å². The molecule has 0 aliphatic rings. The topological polar surface area (TPSA) is 78.9 Å². The van der Waals surface area contributed by atoms with Crippen molar-refractivity contribution in [3.63, 3.8) is 0 Å². The molecule has 392 valence electrons. The molecule has 0 saturated heterocycles. The predicted octanol–water partition coefficient (Wildman–Crippen LogP) is 19.7. The maximum atomic E-state index is 12.8. The van der Waals surface area contributed by atoms with Gasteiger partial charge in [0.25, 0.3) is 0 Å². The molecule has 0 spiro atoms. The van der Waals surface area contributed by atoms with E-state index in [0.717, 1.165) is 70.6 Å². The zero-order valence-electron chi connectivity index (χ0n) is 44.9. The summed E-state index contributed by atoms with van der Waals surface area (Å²) in [5.41, 5.74) is 0. The maximum Gasteiger partial charge on any atom is 0.306 e. The van der Waals surface area contributed by atoms with Crippen molar-refractivity contribution in [2.75, 3.05) is 13.2 Å². The largest absolute Gasteiger partial charge is 0.462 e. The lowest BCUT2D eigenvalue weighted by atomic mass is 10.0. The SMILES string of the molecule is CCCCCC/C=C\CCCCCCCC(=O)OC(COC(=O)CCCCCCCCCCC)COC(=O)CCCCCCCCCCCCCCCCC/C=C\C/C=C\CCCCCCC. The summed E-state index contributed by atoms with van der Waals surface area (Å²) in [6, 6.07) is 0. The third-order valence-corrected chi connectivity index (χ3v) is 13.1. The van der Waals surface area contributed by atoms with Crippen LogP contribution in [0.15, 0.2) is 36.5 Å². The molecule has 0 amide bonds. The molecule has 0 aromatic rings. The van der Waals surface area contributed by atoms with Gasteiger partial charge in [-0.3, -0.25) is 14.4 Å². The molecule has 0 aliphatic heterocycles. The number of carbonyl (C=O) groups excluding carboxylic acids is 3. The molecule has 0 fully saturated rings. The molecule has 6 nitrogen and oxygen atoms in total. The average molecular weight is 942 g/mol. The van der Waals surface area contributed by atoms with Crippen LogP contribution in [0.1, 0.15) is 316 Å². The summed E-state index contributed by atoms with van der Waals surface area (Å²) in [5, 5.41) is 0. The molecule has 0 aromatic heterocycles. The van der Waals surface area contributed by atoms with Crippen molar-refractivity contribution in [3.05, 3.63) is 36.5 Å². The minimum absolute atomic E-state index is 0.0717. The lowest BCUT2D eigenvalue weighted by Crippen LogP contribution is -2.30. The number of hydrogen-bond acceptors (Lipinski definition) is 6. The molecule has 0 heterocycles. The van der Waals surface area contributed by atoms with E-state index in [1.54, 1.807) is 0 Å². The zero-order chi connectivity index (χ0) is 48.6. The Bertz CT molecular complexity index is 1130. The van der Waals surface area contributed by atoms with E-state index in [1.807, 2.05) is 0 Å². The van der Waals surface area contributed by atoms with Gasteiger partial charge in [-0.1, -0.05) is 256 Å². The molecule has 1 unspecified atom stereocenters. The van der Waals surface area contributed by atoms with Gasteiger partial charge in [0.2, 0.25) is 0 Å². The Morgan fingerprint density at radius 2 is 0.537 bits per heavy atom. The van der Waals surface area contributed by atoms with Gasteiger partial charge in [0.1, 0.15) is 13.2 Å². The summed E-state index contributed by atoms with van der Waals surface area (Å²) in [7, 11) is 0. The molecule has 0 N–H and O–H groups in total. The zero-order valence-corrected chi connectivity index (χ0v) is 44.9. The van der Waals surface area contributed by atoms with Crippen LogP contribution < -0.4 is 0 Å². The molecule has 0 bridgehead atoms. The Balaban J connectivity index is 4.11. The number of rotatable bonds is 54. The van der Waals surface area contributed by atoms with Crippen molar-refractivity contribution in [1.29, 1.82) is 0 Å². The van der Waals surface area contributed by atoms with E-state index in [0.29, 0.717) is 19.3 Å². The van der Waals surface area contributed by atoms with Gasteiger partial charge in [0.05, 0.1) is 0 Å². The molecule has 6 heteroatoms. The average Bonchev–Trinajstić information content (AvgIpc) is 3.33. The minimum atomic E-state index is -0.771.